The molecule has 2 heteroatoms. The van der Waals surface area contributed by atoms with E-state index in [0.717, 1.165) is 17.0 Å². The van der Waals surface area contributed by atoms with E-state index in [0.29, 0.717) is 12.6 Å². The van der Waals surface area contributed by atoms with Crippen molar-refractivity contribution < 1.29 is 4.39 Å². The van der Waals surface area contributed by atoms with Crippen LogP contribution >= 0.6 is 0 Å². The maximum atomic E-state index is 13.6. The third-order valence-corrected chi connectivity index (χ3v) is 3.92. The molecule has 1 aromatic rings. The van der Waals surface area contributed by atoms with Gasteiger partial charge >= 0.3 is 0 Å². The Bertz CT molecular complexity index is 369. The van der Waals surface area contributed by atoms with Gasteiger partial charge in [0.1, 0.15) is 5.82 Å². The third kappa shape index (κ3) is 3.29. The van der Waals surface area contributed by atoms with Gasteiger partial charge in [0.2, 0.25) is 0 Å². The number of halogens is 1. The predicted molar refractivity (Wildman–Crippen MR) is 69.4 cm³/mol. The molecule has 0 spiro atoms. The lowest BCUT2D eigenvalue weighted by molar-refractivity contribution is 0.378. The summed E-state index contributed by atoms with van der Waals surface area (Å²) < 4.78 is 13.6. The molecule has 0 bridgehead atoms. The van der Waals surface area contributed by atoms with E-state index < -0.39 is 0 Å². The topological polar surface area (TPSA) is 12.0 Å². The quantitative estimate of drug-likeness (QED) is 0.837. The lowest BCUT2D eigenvalue weighted by atomic mass is 9.99. The zero-order valence-electron chi connectivity index (χ0n) is 10.8. The number of hydrogen-bond donors (Lipinski definition) is 1. The van der Waals surface area contributed by atoms with Crippen LogP contribution in [0.1, 0.15) is 43.7 Å². The minimum absolute atomic E-state index is 0.0956. The molecule has 1 aliphatic rings. The molecule has 1 N–H and O–H groups in total. The van der Waals surface area contributed by atoms with Crippen molar-refractivity contribution in [2.45, 2.75) is 52.1 Å². The molecule has 1 atom stereocenters. The lowest BCUT2D eigenvalue weighted by Crippen LogP contribution is -2.32. The van der Waals surface area contributed by atoms with E-state index in [4.69, 9.17) is 0 Å². The van der Waals surface area contributed by atoms with Crippen LogP contribution in [0.2, 0.25) is 0 Å². The van der Waals surface area contributed by atoms with Crippen molar-refractivity contribution in [2.75, 3.05) is 0 Å². The van der Waals surface area contributed by atoms with Crippen LogP contribution in [0, 0.1) is 18.7 Å². The van der Waals surface area contributed by atoms with E-state index in [1.54, 1.807) is 6.07 Å². The van der Waals surface area contributed by atoms with Gasteiger partial charge in [0.05, 0.1) is 0 Å². The molecule has 0 unspecified atom stereocenters. The largest absolute Gasteiger partial charge is 0.310 e. The van der Waals surface area contributed by atoms with Crippen LogP contribution in [-0.2, 0) is 6.54 Å². The van der Waals surface area contributed by atoms with Gasteiger partial charge < -0.3 is 5.32 Å². The van der Waals surface area contributed by atoms with Gasteiger partial charge in [-0.3, -0.25) is 0 Å². The summed E-state index contributed by atoms with van der Waals surface area (Å²) in [6, 6.07) is 5.81. The minimum atomic E-state index is -0.0956. The lowest BCUT2D eigenvalue weighted by Gasteiger charge is -2.20. The van der Waals surface area contributed by atoms with E-state index >= 15 is 0 Å². The average molecular weight is 235 g/mol. The summed E-state index contributed by atoms with van der Waals surface area (Å²) in [6.07, 6.45) is 5.36. The molecule has 0 aromatic heterocycles. The smallest absolute Gasteiger partial charge is 0.127 e. The summed E-state index contributed by atoms with van der Waals surface area (Å²) in [7, 11) is 0. The number of nitrogens with one attached hydrogen (secondary N) is 1. The molecule has 1 saturated carbocycles. The highest BCUT2D eigenvalue weighted by molar-refractivity contribution is 5.23. The van der Waals surface area contributed by atoms with Crippen LogP contribution in [0.5, 0.6) is 0 Å². The van der Waals surface area contributed by atoms with Crippen LogP contribution in [0.4, 0.5) is 4.39 Å². The normalized spacial score (nSPS) is 18.5. The Morgan fingerprint density at radius 3 is 2.76 bits per heavy atom. The summed E-state index contributed by atoms with van der Waals surface area (Å²) in [5.41, 5.74) is 1.91. The second kappa shape index (κ2) is 5.63. The molecule has 1 aromatic carbocycles. The van der Waals surface area contributed by atoms with Crippen molar-refractivity contribution >= 4 is 0 Å². The predicted octanol–water partition coefficient (Wildman–Crippen LogP) is 3.80. The van der Waals surface area contributed by atoms with Gasteiger partial charge in [0, 0.05) is 18.2 Å². The number of benzene rings is 1. The zero-order chi connectivity index (χ0) is 12.3. The molecule has 0 heterocycles. The van der Waals surface area contributed by atoms with Crippen molar-refractivity contribution in [1.29, 1.82) is 0 Å². The van der Waals surface area contributed by atoms with Gasteiger partial charge in [-0.2, -0.15) is 0 Å². The monoisotopic (exact) mass is 235 g/mol. The fraction of sp³-hybridized carbons (Fsp3) is 0.600. The Kier molecular flexibility index (Phi) is 4.16. The van der Waals surface area contributed by atoms with Crippen LogP contribution in [0.25, 0.3) is 0 Å². The Hall–Kier alpha value is -0.890. The van der Waals surface area contributed by atoms with Crippen molar-refractivity contribution in [1.82, 2.24) is 5.32 Å². The molecule has 0 saturated heterocycles. The second-order valence-electron chi connectivity index (χ2n) is 5.31. The minimum Gasteiger partial charge on any atom is -0.310 e. The summed E-state index contributed by atoms with van der Waals surface area (Å²) in [4.78, 5) is 0. The number of hydrogen-bond acceptors (Lipinski definition) is 1. The molecule has 17 heavy (non-hydrogen) atoms. The van der Waals surface area contributed by atoms with E-state index in [1.807, 2.05) is 19.1 Å². The van der Waals surface area contributed by atoms with Gasteiger partial charge in [0.15, 0.2) is 0 Å². The Balaban J connectivity index is 1.90. The fourth-order valence-electron chi connectivity index (χ4n) is 2.73. The van der Waals surface area contributed by atoms with Crippen LogP contribution in [-0.4, -0.2) is 6.04 Å². The number of aryl methyl sites for hydroxylation is 1. The van der Waals surface area contributed by atoms with Gasteiger partial charge in [-0.25, -0.2) is 4.39 Å². The molecule has 1 nitrogen and oxygen atoms in total. The Morgan fingerprint density at radius 1 is 1.35 bits per heavy atom. The highest BCUT2D eigenvalue weighted by atomic mass is 19.1. The molecule has 2 rings (SSSR count). The van der Waals surface area contributed by atoms with Crippen molar-refractivity contribution in [3.63, 3.8) is 0 Å². The first-order valence-electron chi connectivity index (χ1n) is 6.65. The third-order valence-electron chi connectivity index (χ3n) is 3.92. The van der Waals surface area contributed by atoms with Crippen LogP contribution in [0.15, 0.2) is 18.2 Å². The van der Waals surface area contributed by atoms with Crippen molar-refractivity contribution in [3.05, 3.63) is 35.1 Å². The molecule has 94 valence electrons. The molecule has 0 aliphatic heterocycles. The molecule has 0 radical (unpaired) electrons. The van der Waals surface area contributed by atoms with Gasteiger partial charge in [-0.05, 0) is 38.7 Å². The summed E-state index contributed by atoms with van der Waals surface area (Å²) >= 11 is 0. The Morgan fingerprint density at radius 2 is 2.06 bits per heavy atom. The summed E-state index contributed by atoms with van der Waals surface area (Å²) in [6.45, 7) is 4.87. The first kappa shape index (κ1) is 12.6. The average Bonchev–Trinajstić information content (AvgIpc) is 2.83. The van der Waals surface area contributed by atoms with Gasteiger partial charge in [-0.15, -0.1) is 0 Å². The van der Waals surface area contributed by atoms with Crippen LogP contribution in [0.3, 0.4) is 0 Å². The Labute approximate surface area is 103 Å². The first-order chi connectivity index (χ1) is 8.16. The molecule has 1 aliphatic carbocycles. The van der Waals surface area contributed by atoms with E-state index in [-0.39, 0.29) is 5.82 Å². The van der Waals surface area contributed by atoms with Gasteiger partial charge in [-0.1, -0.05) is 30.5 Å². The molecule has 1 fully saturated rings. The van der Waals surface area contributed by atoms with Crippen LogP contribution < -0.4 is 5.32 Å². The molecule has 0 amide bonds. The maximum Gasteiger partial charge on any atom is 0.127 e. The summed E-state index contributed by atoms with van der Waals surface area (Å²) in [5.74, 6) is 0.685. The van der Waals surface area contributed by atoms with Crippen molar-refractivity contribution in [2.24, 2.45) is 5.92 Å². The van der Waals surface area contributed by atoms with Crippen molar-refractivity contribution in [3.8, 4) is 0 Å². The van der Waals surface area contributed by atoms with E-state index in [9.17, 15) is 4.39 Å². The zero-order valence-corrected chi connectivity index (χ0v) is 10.8. The maximum absolute atomic E-state index is 13.6. The molecular formula is C15H22FN. The highest BCUT2D eigenvalue weighted by Crippen LogP contribution is 2.27. The van der Waals surface area contributed by atoms with E-state index in [1.165, 1.54) is 25.7 Å². The number of rotatable bonds is 4. The van der Waals surface area contributed by atoms with E-state index in [2.05, 4.69) is 12.2 Å². The standard InChI is InChI=1S/C15H22FN/c1-11-7-8-15(16)14(9-11)10-17-12(2)13-5-3-4-6-13/h7-9,12-13,17H,3-6,10H2,1-2H3/t12-/m0/s1. The highest BCUT2D eigenvalue weighted by Gasteiger charge is 2.21. The summed E-state index contributed by atoms with van der Waals surface area (Å²) in [5, 5.41) is 3.47. The fourth-order valence-corrected chi connectivity index (χ4v) is 2.73. The first-order valence-corrected chi connectivity index (χ1v) is 6.65. The SMILES string of the molecule is Cc1ccc(F)c(CN[C@@H](C)C2CCCC2)c1. The molecular weight excluding hydrogens is 213 g/mol. The second-order valence-corrected chi connectivity index (χ2v) is 5.31. The van der Waals surface area contributed by atoms with Gasteiger partial charge in [0.25, 0.3) is 0 Å².